The number of anilines is 1. The van der Waals surface area contributed by atoms with E-state index < -0.39 is 0 Å². The van der Waals surface area contributed by atoms with E-state index >= 15 is 0 Å². The number of para-hydroxylation sites is 1. The zero-order valence-electron chi connectivity index (χ0n) is 8.96. The summed E-state index contributed by atoms with van der Waals surface area (Å²) in [6.07, 6.45) is 1.02. The first kappa shape index (κ1) is 9.32. The van der Waals surface area contributed by atoms with Crippen molar-refractivity contribution in [2.75, 3.05) is 11.4 Å². The molecule has 1 heteroatoms. The first-order valence-electron chi connectivity index (χ1n) is 5.21. The molecule has 0 N–H and O–H groups in total. The minimum Gasteiger partial charge on any atom is -0.345 e. The zero-order valence-corrected chi connectivity index (χ0v) is 8.96. The van der Waals surface area contributed by atoms with E-state index in [4.69, 9.17) is 0 Å². The van der Waals surface area contributed by atoms with Crippen molar-refractivity contribution >= 4 is 5.69 Å². The fourth-order valence-electron chi connectivity index (χ4n) is 2.00. The molecule has 1 aliphatic heterocycles. The van der Waals surface area contributed by atoms with Gasteiger partial charge in [-0.05, 0) is 17.5 Å². The number of benzene rings is 1. The standard InChI is InChI=1S/C13H17N/c1-10(2)9-14-11(3)8-12-6-4-5-7-13(12)14/h4-7,10H,3,8-9H2,1-2H3. The summed E-state index contributed by atoms with van der Waals surface area (Å²) in [5.41, 5.74) is 4.00. The summed E-state index contributed by atoms with van der Waals surface area (Å²) in [6, 6.07) is 8.59. The van der Waals surface area contributed by atoms with Gasteiger partial charge in [-0.15, -0.1) is 0 Å². The molecule has 1 aromatic rings. The molecule has 1 nitrogen and oxygen atoms in total. The van der Waals surface area contributed by atoms with Crippen molar-refractivity contribution in [2.45, 2.75) is 20.3 Å². The smallest absolute Gasteiger partial charge is 0.0444 e. The quantitative estimate of drug-likeness (QED) is 0.687. The van der Waals surface area contributed by atoms with Crippen molar-refractivity contribution in [2.24, 2.45) is 5.92 Å². The Hall–Kier alpha value is -1.24. The van der Waals surface area contributed by atoms with Gasteiger partial charge in [-0.3, -0.25) is 0 Å². The number of allylic oxidation sites excluding steroid dienone is 1. The van der Waals surface area contributed by atoms with E-state index in [1.54, 1.807) is 0 Å². The van der Waals surface area contributed by atoms with Crippen LogP contribution in [0.15, 0.2) is 36.5 Å². The molecule has 0 amide bonds. The van der Waals surface area contributed by atoms with Crippen molar-refractivity contribution in [3.8, 4) is 0 Å². The number of fused-ring (bicyclic) bond motifs is 1. The number of hydrogen-bond donors (Lipinski definition) is 0. The van der Waals surface area contributed by atoms with E-state index in [9.17, 15) is 0 Å². The van der Waals surface area contributed by atoms with Crippen LogP contribution in [0.5, 0.6) is 0 Å². The molecule has 0 saturated carbocycles. The van der Waals surface area contributed by atoms with Gasteiger partial charge in [-0.1, -0.05) is 38.6 Å². The second kappa shape index (κ2) is 3.49. The average molecular weight is 187 g/mol. The van der Waals surface area contributed by atoms with Crippen LogP contribution < -0.4 is 4.90 Å². The van der Waals surface area contributed by atoms with Gasteiger partial charge in [0.1, 0.15) is 0 Å². The summed E-state index contributed by atoms with van der Waals surface area (Å²) in [5, 5.41) is 0. The predicted molar refractivity (Wildman–Crippen MR) is 61.5 cm³/mol. The van der Waals surface area contributed by atoms with Crippen LogP contribution in [0.4, 0.5) is 5.69 Å². The summed E-state index contributed by atoms with van der Waals surface area (Å²) in [7, 11) is 0. The SMILES string of the molecule is C=C1Cc2ccccc2N1CC(C)C. The second-order valence-corrected chi connectivity index (χ2v) is 4.38. The van der Waals surface area contributed by atoms with E-state index in [-0.39, 0.29) is 0 Å². The van der Waals surface area contributed by atoms with Crippen LogP contribution >= 0.6 is 0 Å². The minimum absolute atomic E-state index is 0.679. The largest absolute Gasteiger partial charge is 0.345 e. The molecule has 0 unspecified atom stereocenters. The third-order valence-corrected chi connectivity index (χ3v) is 2.61. The number of hydrogen-bond acceptors (Lipinski definition) is 1. The molecule has 0 saturated heterocycles. The highest BCUT2D eigenvalue weighted by Crippen LogP contribution is 2.33. The normalized spacial score (nSPS) is 15.1. The topological polar surface area (TPSA) is 3.24 Å². The molecule has 2 rings (SSSR count). The molecule has 1 aromatic carbocycles. The third kappa shape index (κ3) is 1.54. The van der Waals surface area contributed by atoms with Gasteiger partial charge in [0.25, 0.3) is 0 Å². The first-order valence-corrected chi connectivity index (χ1v) is 5.21. The van der Waals surface area contributed by atoms with Gasteiger partial charge < -0.3 is 4.90 Å². The summed E-state index contributed by atoms with van der Waals surface area (Å²) in [6.45, 7) is 9.70. The summed E-state index contributed by atoms with van der Waals surface area (Å²) in [4.78, 5) is 2.35. The van der Waals surface area contributed by atoms with Gasteiger partial charge in [-0.25, -0.2) is 0 Å². The average Bonchev–Trinajstić information content (AvgIpc) is 2.43. The van der Waals surface area contributed by atoms with Gasteiger partial charge in [0.05, 0.1) is 0 Å². The Bertz CT molecular complexity index is 352. The highest BCUT2D eigenvalue weighted by Gasteiger charge is 2.22. The maximum atomic E-state index is 4.13. The first-order chi connectivity index (χ1) is 6.68. The highest BCUT2D eigenvalue weighted by atomic mass is 15.2. The fourth-order valence-corrected chi connectivity index (χ4v) is 2.00. The molecule has 1 aliphatic rings. The van der Waals surface area contributed by atoms with Crippen molar-refractivity contribution in [3.05, 3.63) is 42.1 Å². The summed E-state index contributed by atoms with van der Waals surface area (Å²) < 4.78 is 0. The van der Waals surface area contributed by atoms with E-state index in [0.717, 1.165) is 13.0 Å². The van der Waals surface area contributed by atoms with Crippen LogP contribution in [0.1, 0.15) is 19.4 Å². The van der Waals surface area contributed by atoms with Gasteiger partial charge >= 0.3 is 0 Å². The highest BCUT2D eigenvalue weighted by molar-refractivity contribution is 5.64. The molecule has 0 aromatic heterocycles. The molecule has 0 spiro atoms. The molecule has 74 valence electrons. The van der Waals surface area contributed by atoms with E-state index in [1.807, 2.05) is 0 Å². The second-order valence-electron chi connectivity index (χ2n) is 4.38. The monoisotopic (exact) mass is 187 g/mol. The Balaban J connectivity index is 2.30. The molecule has 0 radical (unpaired) electrons. The Kier molecular flexibility index (Phi) is 2.32. The van der Waals surface area contributed by atoms with Gasteiger partial charge in [0.2, 0.25) is 0 Å². The summed E-state index contributed by atoms with van der Waals surface area (Å²) >= 11 is 0. The molecule has 0 aliphatic carbocycles. The third-order valence-electron chi connectivity index (χ3n) is 2.61. The maximum absolute atomic E-state index is 4.13. The molecule has 1 heterocycles. The Labute approximate surface area is 86.1 Å². The van der Waals surface area contributed by atoms with Crippen LogP contribution in [0.2, 0.25) is 0 Å². The number of rotatable bonds is 2. The maximum Gasteiger partial charge on any atom is 0.0444 e. The van der Waals surface area contributed by atoms with Crippen molar-refractivity contribution in [3.63, 3.8) is 0 Å². The van der Waals surface area contributed by atoms with Crippen LogP contribution in [0, 0.1) is 5.92 Å². The minimum atomic E-state index is 0.679. The van der Waals surface area contributed by atoms with Crippen LogP contribution in [0.25, 0.3) is 0 Å². The van der Waals surface area contributed by atoms with Crippen molar-refractivity contribution < 1.29 is 0 Å². The van der Waals surface area contributed by atoms with Gasteiger partial charge in [0, 0.05) is 24.4 Å². The lowest BCUT2D eigenvalue weighted by Crippen LogP contribution is -2.23. The fraction of sp³-hybridized carbons (Fsp3) is 0.385. The molecule has 0 bridgehead atoms. The van der Waals surface area contributed by atoms with E-state index in [0.29, 0.717) is 5.92 Å². The number of nitrogens with zero attached hydrogens (tertiary/aromatic N) is 1. The Morgan fingerprint density at radius 2 is 2.07 bits per heavy atom. The van der Waals surface area contributed by atoms with Gasteiger partial charge in [-0.2, -0.15) is 0 Å². The van der Waals surface area contributed by atoms with Crippen molar-refractivity contribution in [1.82, 2.24) is 0 Å². The Morgan fingerprint density at radius 3 is 2.79 bits per heavy atom. The molecular formula is C13H17N. The van der Waals surface area contributed by atoms with Crippen LogP contribution in [-0.4, -0.2) is 6.54 Å². The zero-order chi connectivity index (χ0) is 10.1. The molecule has 14 heavy (non-hydrogen) atoms. The lowest BCUT2D eigenvalue weighted by atomic mass is 10.1. The van der Waals surface area contributed by atoms with Gasteiger partial charge in [0.15, 0.2) is 0 Å². The van der Waals surface area contributed by atoms with E-state index in [2.05, 4.69) is 49.6 Å². The van der Waals surface area contributed by atoms with Crippen molar-refractivity contribution in [1.29, 1.82) is 0 Å². The molecule has 0 atom stereocenters. The van der Waals surface area contributed by atoms with Crippen LogP contribution in [0.3, 0.4) is 0 Å². The molecular weight excluding hydrogens is 170 g/mol. The Morgan fingerprint density at radius 1 is 1.36 bits per heavy atom. The van der Waals surface area contributed by atoms with E-state index in [1.165, 1.54) is 16.9 Å². The summed E-state index contributed by atoms with van der Waals surface area (Å²) in [5.74, 6) is 0.679. The lowest BCUT2D eigenvalue weighted by molar-refractivity contribution is 0.643. The van der Waals surface area contributed by atoms with Crippen LogP contribution in [-0.2, 0) is 6.42 Å². The lowest BCUT2D eigenvalue weighted by Gasteiger charge is -2.22. The molecule has 0 fully saturated rings. The predicted octanol–water partition coefficient (Wildman–Crippen LogP) is 3.22.